The van der Waals surface area contributed by atoms with E-state index in [-0.39, 0.29) is 30.6 Å². The first-order valence-corrected chi connectivity index (χ1v) is 9.00. The Morgan fingerprint density at radius 2 is 1.68 bits per heavy atom. The van der Waals surface area contributed by atoms with Gasteiger partial charge in [-0.2, -0.15) is 0 Å². The van der Waals surface area contributed by atoms with E-state index in [1.54, 1.807) is 0 Å². The number of rotatable bonds is 4. The van der Waals surface area contributed by atoms with Crippen LogP contribution in [0.2, 0.25) is 0 Å². The van der Waals surface area contributed by atoms with E-state index in [0.717, 1.165) is 19.3 Å². The topological polar surface area (TPSA) is 58.6 Å². The van der Waals surface area contributed by atoms with Crippen LogP contribution in [-0.4, -0.2) is 30.5 Å². The number of carbonyl (C=O) groups excluding carboxylic acids is 1. The molecule has 2 aliphatic carbocycles. The number of nitrogens with one attached hydrogen (secondary N) is 1. The molecule has 2 aromatic carbocycles. The van der Waals surface area contributed by atoms with Gasteiger partial charge >= 0.3 is 6.09 Å². The van der Waals surface area contributed by atoms with E-state index in [0.29, 0.717) is 6.61 Å². The molecule has 0 heterocycles. The quantitative estimate of drug-likeness (QED) is 0.895. The Labute approximate surface area is 147 Å². The lowest BCUT2D eigenvalue weighted by Crippen LogP contribution is -2.39. The van der Waals surface area contributed by atoms with Crippen LogP contribution in [0, 0.1) is 5.92 Å². The summed E-state index contributed by atoms with van der Waals surface area (Å²) in [5.41, 5.74) is 4.88. The lowest BCUT2D eigenvalue weighted by atomic mass is 9.98. The standard InChI is InChI=1S/C21H23NO3/c23-12-14-6-5-11-20(14)22-21(24)25-13-19-17-9-3-1-7-15(17)16-8-2-4-10-18(16)19/h1-4,7-10,14,19-20,23H,5-6,11-13H2,(H,22,24)/t14-,20+/m0/s1. The lowest BCUT2D eigenvalue weighted by molar-refractivity contribution is 0.131. The Balaban J connectivity index is 1.45. The summed E-state index contributed by atoms with van der Waals surface area (Å²) in [4.78, 5) is 12.2. The number of hydrogen-bond acceptors (Lipinski definition) is 3. The molecule has 0 spiro atoms. The first kappa shape index (κ1) is 16.2. The van der Waals surface area contributed by atoms with Gasteiger partial charge in [0.25, 0.3) is 0 Å². The van der Waals surface area contributed by atoms with Gasteiger partial charge in [0.2, 0.25) is 0 Å². The average molecular weight is 337 g/mol. The van der Waals surface area contributed by atoms with Crippen molar-refractivity contribution < 1.29 is 14.6 Å². The zero-order valence-electron chi connectivity index (χ0n) is 14.2. The third-order valence-corrected chi connectivity index (χ3v) is 5.54. The summed E-state index contributed by atoms with van der Waals surface area (Å²) in [7, 11) is 0. The van der Waals surface area contributed by atoms with Crippen molar-refractivity contribution in [1.29, 1.82) is 0 Å². The van der Waals surface area contributed by atoms with E-state index >= 15 is 0 Å². The predicted molar refractivity (Wildman–Crippen MR) is 96.4 cm³/mol. The second-order valence-corrected chi connectivity index (χ2v) is 6.95. The maximum atomic E-state index is 12.2. The summed E-state index contributed by atoms with van der Waals surface area (Å²) < 4.78 is 5.56. The molecular weight excluding hydrogens is 314 g/mol. The van der Waals surface area contributed by atoms with Crippen molar-refractivity contribution >= 4 is 6.09 Å². The molecule has 1 fully saturated rings. The number of alkyl carbamates (subject to hydrolysis) is 1. The molecule has 0 bridgehead atoms. The van der Waals surface area contributed by atoms with E-state index in [2.05, 4.69) is 29.6 Å². The Morgan fingerprint density at radius 3 is 2.32 bits per heavy atom. The maximum Gasteiger partial charge on any atom is 0.407 e. The van der Waals surface area contributed by atoms with Gasteiger partial charge in [-0.25, -0.2) is 4.79 Å². The molecule has 0 aromatic heterocycles. The summed E-state index contributed by atoms with van der Waals surface area (Å²) in [6, 6.07) is 16.6. The van der Waals surface area contributed by atoms with Crippen molar-refractivity contribution in [3.8, 4) is 11.1 Å². The van der Waals surface area contributed by atoms with Gasteiger partial charge in [0, 0.05) is 24.5 Å². The van der Waals surface area contributed by atoms with Gasteiger partial charge in [0.05, 0.1) is 0 Å². The molecule has 2 N–H and O–H groups in total. The van der Waals surface area contributed by atoms with Crippen LogP contribution in [0.5, 0.6) is 0 Å². The minimum atomic E-state index is -0.382. The highest BCUT2D eigenvalue weighted by atomic mass is 16.5. The summed E-state index contributed by atoms with van der Waals surface area (Å²) in [6.07, 6.45) is 2.53. The monoisotopic (exact) mass is 337 g/mol. The number of hydrogen-bond donors (Lipinski definition) is 2. The number of ether oxygens (including phenoxy) is 1. The molecule has 130 valence electrons. The molecule has 1 amide bonds. The van der Waals surface area contributed by atoms with E-state index in [1.165, 1.54) is 22.3 Å². The first-order valence-electron chi connectivity index (χ1n) is 9.00. The first-order chi connectivity index (χ1) is 12.3. The third kappa shape index (κ3) is 3.02. The van der Waals surface area contributed by atoms with Gasteiger partial charge in [-0.3, -0.25) is 0 Å². The third-order valence-electron chi connectivity index (χ3n) is 5.54. The Morgan fingerprint density at radius 1 is 1.04 bits per heavy atom. The number of aliphatic hydroxyl groups is 1. The molecule has 4 rings (SSSR count). The summed E-state index contributed by atoms with van der Waals surface area (Å²) in [5.74, 6) is 0.232. The van der Waals surface area contributed by atoms with Gasteiger partial charge in [-0.05, 0) is 35.1 Å². The van der Waals surface area contributed by atoms with Crippen LogP contribution < -0.4 is 5.32 Å². The number of amides is 1. The SMILES string of the molecule is O=C(N[C@@H]1CCC[C@H]1CO)OCC1c2ccccc2-c2ccccc21. The van der Waals surface area contributed by atoms with Crippen LogP contribution in [0.25, 0.3) is 11.1 Å². The van der Waals surface area contributed by atoms with Crippen LogP contribution in [0.4, 0.5) is 4.79 Å². The van der Waals surface area contributed by atoms with Gasteiger partial charge in [-0.15, -0.1) is 0 Å². The molecule has 25 heavy (non-hydrogen) atoms. The summed E-state index contributed by atoms with van der Waals surface area (Å²) in [5, 5.41) is 12.3. The fourth-order valence-corrected chi connectivity index (χ4v) is 4.24. The van der Waals surface area contributed by atoms with E-state index < -0.39 is 0 Å². The zero-order chi connectivity index (χ0) is 17.2. The Bertz CT molecular complexity index is 728. The molecule has 0 aliphatic heterocycles. The van der Waals surface area contributed by atoms with Crippen molar-refractivity contribution in [3.63, 3.8) is 0 Å². The van der Waals surface area contributed by atoms with Crippen molar-refractivity contribution in [2.75, 3.05) is 13.2 Å². The molecule has 2 atom stereocenters. The fraction of sp³-hybridized carbons (Fsp3) is 0.381. The van der Waals surface area contributed by atoms with Crippen LogP contribution >= 0.6 is 0 Å². The highest BCUT2D eigenvalue weighted by Gasteiger charge is 2.31. The van der Waals surface area contributed by atoms with E-state index in [9.17, 15) is 9.90 Å². The number of fused-ring (bicyclic) bond motifs is 3. The van der Waals surface area contributed by atoms with Crippen molar-refractivity contribution in [2.24, 2.45) is 5.92 Å². The van der Waals surface area contributed by atoms with Gasteiger partial charge in [-0.1, -0.05) is 55.0 Å². The Hall–Kier alpha value is -2.33. The summed E-state index contributed by atoms with van der Waals surface area (Å²) in [6.45, 7) is 0.449. The molecular formula is C21H23NO3. The second kappa shape index (κ2) is 6.89. The van der Waals surface area contributed by atoms with Gasteiger partial charge in [0.15, 0.2) is 0 Å². The molecule has 0 radical (unpaired) electrons. The van der Waals surface area contributed by atoms with Gasteiger partial charge < -0.3 is 15.2 Å². The zero-order valence-corrected chi connectivity index (χ0v) is 14.2. The highest BCUT2D eigenvalue weighted by molar-refractivity contribution is 5.79. The second-order valence-electron chi connectivity index (χ2n) is 6.95. The smallest absolute Gasteiger partial charge is 0.407 e. The van der Waals surface area contributed by atoms with Crippen LogP contribution in [-0.2, 0) is 4.74 Å². The van der Waals surface area contributed by atoms with Crippen LogP contribution in [0.3, 0.4) is 0 Å². The molecule has 0 saturated heterocycles. The molecule has 1 saturated carbocycles. The molecule has 0 unspecified atom stereocenters. The Kier molecular flexibility index (Phi) is 4.45. The minimum absolute atomic E-state index is 0.0284. The van der Waals surface area contributed by atoms with Crippen LogP contribution in [0.15, 0.2) is 48.5 Å². The van der Waals surface area contributed by atoms with E-state index in [1.807, 2.05) is 24.3 Å². The maximum absolute atomic E-state index is 12.2. The molecule has 2 aromatic rings. The minimum Gasteiger partial charge on any atom is -0.449 e. The van der Waals surface area contributed by atoms with Crippen LogP contribution in [0.1, 0.15) is 36.3 Å². The van der Waals surface area contributed by atoms with Crippen molar-refractivity contribution in [2.45, 2.75) is 31.2 Å². The summed E-state index contributed by atoms with van der Waals surface area (Å²) >= 11 is 0. The molecule has 4 heteroatoms. The van der Waals surface area contributed by atoms with Crippen molar-refractivity contribution in [1.82, 2.24) is 5.32 Å². The number of carbonyl (C=O) groups is 1. The number of aliphatic hydroxyl groups excluding tert-OH is 1. The molecule has 2 aliphatic rings. The largest absolute Gasteiger partial charge is 0.449 e. The highest BCUT2D eigenvalue weighted by Crippen LogP contribution is 2.44. The van der Waals surface area contributed by atoms with E-state index in [4.69, 9.17) is 4.74 Å². The predicted octanol–water partition coefficient (Wildman–Crippen LogP) is 3.69. The lowest BCUT2D eigenvalue weighted by Gasteiger charge is -2.20. The van der Waals surface area contributed by atoms with Crippen molar-refractivity contribution in [3.05, 3.63) is 59.7 Å². The van der Waals surface area contributed by atoms with Gasteiger partial charge in [0.1, 0.15) is 6.61 Å². The fourth-order valence-electron chi connectivity index (χ4n) is 4.24. The normalized spacial score (nSPS) is 21.6. The molecule has 4 nitrogen and oxygen atoms in total. The average Bonchev–Trinajstić information content (AvgIpc) is 3.22. The number of benzene rings is 2.